The summed E-state index contributed by atoms with van der Waals surface area (Å²) in [5.41, 5.74) is 1.37. The SMILES string of the molecule is CCCn1nncc1C1CCCCCC1CNCC(C)C. The molecule has 0 spiro atoms. The number of rotatable bonds is 7. The van der Waals surface area contributed by atoms with Crippen LogP contribution in [0.1, 0.15) is 70.9 Å². The van der Waals surface area contributed by atoms with Crippen LogP contribution in [0.25, 0.3) is 0 Å². The first kappa shape index (κ1) is 16.5. The molecule has 0 aromatic carbocycles. The standard InChI is InChI=1S/C17H32N4/c1-4-10-21-17(13-19-20-21)16-9-7-5-6-8-15(16)12-18-11-14(2)3/h13-16,18H,4-12H2,1-3H3. The maximum absolute atomic E-state index is 4.30. The molecule has 0 saturated heterocycles. The van der Waals surface area contributed by atoms with Gasteiger partial charge in [-0.1, -0.05) is 45.2 Å². The van der Waals surface area contributed by atoms with Gasteiger partial charge in [0.05, 0.1) is 11.9 Å². The van der Waals surface area contributed by atoms with E-state index in [2.05, 4.69) is 41.1 Å². The molecule has 1 aliphatic carbocycles. The van der Waals surface area contributed by atoms with E-state index in [-0.39, 0.29) is 0 Å². The third kappa shape index (κ3) is 4.80. The largest absolute Gasteiger partial charge is 0.316 e. The first-order chi connectivity index (χ1) is 10.2. The Kier molecular flexibility index (Phi) is 6.68. The molecule has 1 aromatic rings. The van der Waals surface area contributed by atoms with E-state index in [1.165, 1.54) is 37.8 Å². The zero-order valence-corrected chi connectivity index (χ0v) is 14.0. The van der Waals surface area contributed by atoms with Crippen LogP contribution in [0.3, 0.4) is 0 Å². The second-order valence-corrected chi connectivity index (χ2v) is 6.94. The van der Waals surface area contributed by atoms with Crippen LogP contribution in [0.5, 0.6) is 0 Å². The van der Waals surface area contributed by atoms with Crippen LogP contribution in [0.2, 0.25) is 0 Å². The summed E-state index contributed by atoms with van der Waals surface area (Å²) in [6.45, 7) is 10.0. The lowest BCUT2D eigenvalue weighted by molar-refractivity contribution is 0.349. The third-order valence-corrected chi connectivity index (χ3v) is 4.58. The molecule has 1 fully saturated rings. The van der Waals surface area contributed by atoms with E-state index in [0.29, 0.717) is 5.92 Å². The van der Waals surface area contributed by atoms with Gasteiger partial charge in [0.1, 0.15) is 0 Å². The molecule has 0 bridgehead atoms. The van der Waals surface area contributed by atoms with Crippen molar-refractivity contribution < 1.29 is 0 Å². The molecule has 0 aliphatic heterocycles. The van der Waals surface area contributed by atoms with E-state index in [9.17, 15) is 0 Å². The Hall–Kier alpha value is -0.900. The zero-order valence-electron chi connectivity index (χ0n) is 14.0. The Morgan fingerprint density at radius 3 is 2.86 bits per heavy atom. The lowest BCUT2D eigenvalue weighted by atomic mass is 9.85. The van der Waals surface area contributed by atoms with Gasteiger partial charge in [0, 0.05) is 12.5 Å². The van der Waals surface area contributed by atoms with E-state index < -0.39 is 0 Å². The lowest BCUT2D eigenvalue weighted by Crippen LogP contribution is -2.30. The van der Waals surface area contributed by atoms with Crippen molar-refractivity contribution in [1.29, 1.82) is 0 Å². The molecule has 0 radical (unpaired) electrons. The first-order valence-corrected chi connectivity index (χ1v) is 8.81. The summed E-state index contributed by atoms with van der Waals surface area (Å²) in [5.74, 6) is 2.09. The van der Waals surface area contributed by atoms with Crippen molar-refractivity contribution in [2.45, 2.75) is 71.8 Å². The highest BCUT2D eigenvalue weighted by molar-refractivity contribution is 5.07. The molecule has 1 heterocycles. The summed E-state index contributed by atoms with van der Waals surface area (Å²) >= 11 is 0. The van der Waals surface area contributed by atoms with E-state index >= 15 is 0 Å². The Morgan fingerprint density at radius 1 is 1.29 bits per heavy atom. The highest BCUT2D eigenvalue weighted by atomic mass is 15.4. The molecule has 1 saturated carbocycles. The van der Waals surface area contributed by atoms with Gasteiger partial charge in [-0.2, -0.15) is 0 Å². The molecular formula is C17H32N4. The predicted molar refractivity (Wildman–Crippen MR) is 87.3 cm³/mol. The molecule has 2 unspecified atom stereocenters. The zero-order chi connectivity index (χ0) is 15.1. The van der Waals surface area contributed by atoms with Gasteiger partial charge in [-0.25, -0.2) is 4.68 Å². The van der Waals surface area contributed by atoms with Crippen LogP contribution >= 0.6 is 0 Å². The Bertz CT molecular complexity index is 399. The molecule has 1 aromatic heterocycles. The molecule has 4 heteroatoms. The fourth-order valence-corrected chi connectivity index (χ4v) is 3.51. The minimum absolute atomic E-state index is 0.633. The second kappa shape index (κ2) is 8.52. The number of nitrogens with one attached hydrogen (secondary N) is 1. The number of hydrogen-bond acceptors (Lipinski definition) is 3. The van der Waals surface area contributed by atoms with Gasteiger partial charge >= 0.3 is 0 Å². The van der Waals surface area contributed by atoms with Gasteiger partial charge in [0.2, 0.25) is 0 Å². The van der Waals surface area contributed by atoms with Crippen LogP contribution in [0.4, 0.5) is 0 Å². The van der Waals surface area contributed by atoms with Crippen molar-refractivity contribution in [3.63, 3.8) is 0 Å². The Balaban J connectivity index is 2.05. The average molecular weight is 292 g/mol. The van der Waals surface area contributed by atoms with E-state index in [4.69, 9.17) is 0 Å². The number of hydrogen-bond donors (Lipinski definition) is 1. The summed E-state index contributed by atoms with van der Waals surface area (Å²) in [4.78, 5) is 0. The number of aryl methyl sites for hydroxylation is 1. The molecule has 1 N–H and O–H groups in total. The van der Waals surface area contributed by atoms with Crippen LogP contribution in [-0.4, -0.2) is 28.1 Å². The highest BCUT2D eigenvalue weighted by Gasteiger charge is 2.27. The molecule has 2 atom stereocenters. The van der Waals surface area contributed by atoms with Crippen LogP contribution < -0.4 is 5.32 Å². The monoisotopic (exact) mass is 292 g/mol. The number of aromatic nitrogens is 3. The van der Waals surface area contributed by atoms with Crippen LogP contribution in [-0.2, 0) is 6.54 Å². The fourth-order valence-electron chi connectivity index (χ4n) is 3.51. The van der Waals surface area contributed by atoms with E-state index in [1.807, 2.05) is 6.20 Å². The predicted octanol–water partition coefficient (Wildman–Crippen LogP) is 3.60. The van der Waals surface area contributed by atoms with Crippen molar-refractivity contribution in [2.75, 3.05) is 13.1 Å². The van der Waals surface area contributed by atoms with Gasteiger partial charge < -0.3 is 5.32 Å². The van der Waals surface area contributed by atoms with Gasteiger partial charge in [-0.15, -0.1) is 5.10 Å². The maximum Gasteiger partial charge on any atom is 0.0728 e. The maximum atomic E-state index is 4.30. The highest BCUT2D eigenvalue weighted by Crippen LogP contribution is 2.36. The Morgan fingerprint density at radius 2 is 2.10 bits per heavy atom. The van der Waals surface area contributed by atoms with Crippen LogP contribution in [0.15, 0.2) is 6.20 Å². The van der Waals surface area contributed by atoms with Crippen molar-refractivity contribution in [2.24, 2.45) is 11.8 Å². The van der Waals surface area contributed by atoms with E-state index in [1.54, 1.807) is 0 Å². The fraction of sp³-hybridized carbons (Fsp3) is 0.882. The topological polar surface area (TPSA) is 42.7 Å². The van der Waals surface area contributed by atoms with Crippen molar-refractivity contribution in [3.8, 4) is 0 Å². The third-order valence-electron chi connectivity index (χ3n) is 4.58. The normalized spacial score (nSPS) is 23.4. The van der Waals surface area contributed by atoms with Gasteiger partial charge in [0.15, 0.2) is 0 Å². The van der Waals surface area contributed by atoms with Crippen molar-refractivity contribution in [1.82, 2.24) is 20.3 Å². The number of nitrogens with zero attached hydrogens (tertiary/aromatic N) is 3. The summed E-state index contributed by atoms with van der Waals surface area (Å²) in [7, 11) is 0. The second-order valence-electron chi connectivity index (χ2n) is 6.94. The molecule has 4 nitrogen and oxygen atoms in total. The van der Waals surface area contributed by atoms with E-state index in [0.717, 1.165) is 37.9 Å². The minimum Gasteiger partial charge on any atom is -0.316 e. The molecule has 0 amide bonds. The van der Waals surface area contributed by atoms with Crippen LogP contribution in [0, 0.1) is 11.8 Å². The van der Waals surface area contributed by atoms with Gasteiger partial charge in [-0.05, 0) is 44.2 Å². The quantitative estimate of drug-likeness (QED) is 0.781. The smallest absolute Gasteiger partial charge is 0.0728 e. The van der Waals surface area contributed by atoms with Crippen molar-refractivity contribution >= 4 is 0 Å². The summed E-state index contributed by atoms with van der Waals surface area (Å²) in [6.07, 6.45) is 9.88. The molecule has 120 valence electrons. The summed E-state index contributed by atoms with van der Waals surface area (Å²) in [5, 5.41) is 12.2. The molecule has 21 heavy (non-hydrogen) atoms. The minimum atomic E-state index is 0.633. The Labute approximate surface area is 129 Å². The molecule has 1 aliphatic rings. The lowest BCUT2D eigenvalue weighted by Gasteiger charge is -2.26. The summed E-state index contributed by atoms with van der Waals surface area (Å²) in [6, 6.07) is 0. The average Bonchev–Trinajstić information content (AvgIpc) is 2.77. The van der Waals surface area contributed by atoms with Gasteiger partial charge in [-0.3, -0.25) is 0 Å². The van der Waals surface area contributed by atoms with Crippen molar-refractivity contribution in [3.05, 3.63) is 11.9 Å². The summed E-state index contributed by atoms with van der Waals surface area (Å²) < 4.78 is 2.14. The molecule has 2 rings (SSSR count). The first-order valence-electron chi connectivity index (χ1n) is 8.81. The van der Waals surface area contributed by atoms with Gasteiger partial charge in [0.25, 0.3) is 0 Å². The molecular weight excluding hydrogens is 260 g/mol.